The molecule has 0 saturated heterocycles. The lowest BCUT2D eigenvalue weighted by molar-refractivity contribution is -0.133. The highest BCUT2D eigenvalue weighted by molar-refractivity contribution is 5.77. The molecule has 4 nitrogen and oxygen atoms in total. The monoisotopic (exact) mass is 356 g/mol. The average molecular weight is 356 g/mol. The Morgan fingerprint density at radius 1 is 1.23 bits per heavy atom. The molecule has 0 bridgehead atoms. The summed E-state index contributed by atoms with van der Waals surface area (Å²) in [6.45, 7) is 3.42. The summed E-state index contributed by atoms with van der Waals surface area (Å²) < 4.78 is 19.3. The van der Waals surface area contributed by atoms with Crippen molar-refractivity contribution in [2.75, 3.05) is 25.6 Å². The summed E-state index contributed by atoms with van der Waals surface area (Å²) in [5.74, 6) is -0.116. The van der Waals surface area contributed by atoms with Crippen LogP contribution in [0.5, 0.6) is 5.75 Å². The van der Waals surface area contributed by atoms with Gasteiger partial charge in [-0.2, -0.15) is 0 Å². The van der Waals surface area contributed by atoms with Gasteiger partial charge < -0.3 is 14.5 Å². The molecule has 1 amide bonds. The van der Waals surface area contributed by atoms with Gasteiger partial charge in [0.2, 0.25) is 5.91 Å². The Kier molecular flexibility index (Phi) is 5.45. The third kappa shape index (κ3) is 3.66. The lowest BCUT2D eigenvalue weighted by Crippen LogP contribution is -2.42. The smallest absolute Gasteiger partial charge is 0.223 e. The molecule has 1 atom stereocenters. The predicted molar refractivity (Wildman–Crippen MR) is 101 cm³/mol. The Morgan fingerprint density at radius 2 is 2.00 bits per heavy atom. The van der Waals surface area contributed by atoms with Crippen LogP contribution in [0.1, 0.15) is 24.5 Å². The van der Waals surface area contributed by atoms with Gasteiger partial charge in [-0.05, 0) is 36.6 Å². The summed E-state index contributed by atoms with van der Waals surface area (Å²) in [6.07, 6.45) is 0.642. The Balaban J connectivity index is 1.73. The van der Waals surface area contributed by atoms with Gasteiger partial charge in [-0.15, -0.1) is 0 Å². The maximum atomic E-state index is 14.3. The van der Waals surface area contributed by atoms with Crippen LogP contribution < -0.4 is 9.64 Å². The Hall–Kier alpha value is -2.56. The van der Waals surface area contributed by atoms with Crippen LogP contribution in [-0.2, 0) is 17.8 Å². The number of fused-ring (bicyclic) bond motifs is 1. The number of anilines is 1. The molecule has 1 unspecified atom stereocenters. The van der Waals surface area contributed by atoms with Crippen LogP contribution in [0.4, 0.5) is 10.1 Å². The minimum Gasteiger partial charge on any atom is -0.494 e. The highest BCUT2D eigenvalue weighted by atomic mass is 19.1. The van der Waals surface area contributed by atoms with Gasteiger partial charge in [0.15, 0.2) is 11.6 Å². The second kappa shape index (κ2) is 7.77. The second-order valence-electron chi connectivity index (χ2n) is 6.81. The fourth-order valence-electron chi connectivity index (χ4n) is 3.58. The van der Waals surface area contributed by atoms with E-state index in [1.165, 1.54) is 7.11 Å². The fraction of sp³-hybridized carbons (Fsp3) is 0.381. The zero-order valence-corrected chi connectivity index (χ0v) is 15.5. The van der Waals surface area contributed by atoms with E-state index in [4.69, 9.17) is 4.74 Å². The fourth-order valence-corrected chi connectivity index (χ4v) is 3.58. The molecule has 0 aromatic heterocycles. The van der Waals surface area contributed by atoms with E-state index in [1.54, 1.807) is 18.2 Å². The molecule has 0 radical (unpaired) electrons. The quantitative estimate of drug-likeness (QED) is 0.839. The van der Waals surface area contributed by atoms with Crippen LogP contribution in [0, 0.1) is 5.82 Å². The van der Waals surface area contributed by atoms with Crippen molar-refractivity contribution in [2.24, 2.45) is 0 Å². The largest absolute Gasteiger partial charge is 0.494 e. The highest BCUT2D eigenvalue weighted by Gasteiger charge is 2.26. The normalized spacial score (nSPS) is 16.8. The van der Waals surface area contributed by atoms with Crippen LogP contribution in [-0.4, -0.2) is 37.6 Å². The van der Waals surface area contributed by atoms with E-state index in [0.29, 0.717) is 18.5 Å². The van der Waals surface area contributed by atoms with Crippen LogP contribution in [0.25, 0.3) is 0 Å². The molecule has 26 heavy (non-hydrogen) atoms. The molecule has 0 aliphatic carbocycles. The van der Waals surface area contributed by atoms with Crippen molar-refractivity contribution in [1.82, 2.24) is 4.90 Å². The predicted octanol–water partition coefficient (Wildman–Crippen LogP) is 3.63. The molecule has 0 fully saturated rings. The van der Waals surface area contributed by atoms with Gasteiger partial charge in [0.05, 0.1) is 7.11 Å². The van der Waals surface area contributed by atoms with Gasteiger partial charge in [0.25, 0.3) is 0 Å². The van der Waals surface area contributed by atoms with Crippen LogP contribution >= 0.6 is 0 Å². The topological polar surface area (TPSA) is 32.8 Å². The molecule has 5 heteroatoms. The van der Waals surface area contributed by atoms with Gasteiger partial charge in [0, 0.05) is 38.3 Å². The van der Waals surface area contributed by atoms with Crippen molar-refractivity contribution in [3.8, 4) is 5.75 Å². The zero-order valence-electron chi connectivity index (χ0n) is 15.5. The number of para-hydroxylation sites is 1. The molecule has 0 saturated carbocycles. The first kappa shape index (κ1) is 18.2. The number of carbonyl (C=O) groups is 1. The van der Waals surface area contributed by atoms with Crippen molar-refractivity contribution in [1.29, 1.82) is 0 Å². The van der Waals surface area contributed by atoms with Crippen molar-refractivity contribution in [3.05, 3.63) is 59.4 Å². The van der Waals surface area contributed by atoms with Crippen molar-refractivity contribution in [3.63, 3.8) is 0 Å². The molecule has 138 valence electrons. The van der Waals surface area contributed by atoms with Gasteiger partial charge in [0.1, 0.15) is 0 Å². The van der Waals surface area contributed by atoms with E-state index >= 15 is 0 Å². The van der Waals surface area contributed by atoms with E-state index in [9.17, 15) is 9.18 Å². The number of halogens is 1. The number of carbonyl (C=O) groups excluding carboxylic acids is 1. The van der Waals surface area contributed by atoms with E-state index in [2.05, 4.69) is 31.0 Å². The van der Waals surface area contributed by atoms with Crippen LogP contribution in [0.3, 0.4) is 0 Å². The molecule has 2 aromatic rings. The van der Waals surface area contributed by atoms with Gasteiger partial charge in [-0.3, -0.25) is 4.79 Å². The third-order valence-electron chi connectivity index (χ3n) is 5.01. The van der Waals surface area contributed by atoms with Crippen LogP contribution in [0.2, 0.25) is 0 Å². The molecular weight excluding hydrogens is 331 g/mol. The first-order valence-corrected chi connectivity index (χ1v) is 8.91. The minimum atomic E-state index is -0.378. The number of hydrogen-bond donors (Lipinski definition) is 0. The third-order valence-corrected chi connectivity index (χ3v) is 5.01. The lowest BCUT2D eigenvalue weighted by atomic mass is 10.1. The van der Waals surface area contributed by atoms with E-state index in [0.717, 1.165) is 17.8 Å². The number of aryl methyl sites for hydroxylation is 1. The summed E-state index contributed by atoms with van der Waals surface area (Å²) in [5, 5.41) is 0. The van der Waals surface area contributed by atoms with Crippen molar-refractivity contribution in [2.45, 2.75) is 32.4 Å². The number of hydrogen-bond acceptors (Lipinski definition) is 3. The van der Waals surface area contributed by atoms with E-state index in [1.807, 2.05) is 17.0 Å². The maximum Gasteiger partial charge on any atom is 0.223 e. The minimum absolute atomic E-state index is 0.0461. The SMILES string of the molecule is COc1cccc(CCC(=O)N2Cc3ccccc3N(C)CC2C)c1F. The van der Waals surface area contributed by atoms with E-state index in [-0.39, 0.29) is 29.9 Å². The number of benzene rings is 2. The summed E-state index contributed by atoms with van der Waals surface area (Å²) in [5.41, 5.74) is 2.81. The number of amides is 1. The first-order valence-electron chi connectivity index (χ1n) is 8.91. The number of nitrogens with zero attached hydrogens (tertiary/aromatic N) is 2. The molecule has 1 aliphatic heterocycles. The molecule has 0 spiro atoms. The van der Waals surface area contributed by atoms with Gasteiger partial charge in [-0.1, -0.05) is 30.3 Å². The Bertz CT molecular complexity index is 793. The van der Waals surface area contributed by atoms with Crippen LogP contribution in [0.15, 0.2) is 42.5 Å². The molecule has 1 aliphatic rings. The summed E-state index contributed by atoms with van der Waals surface area (Å²) in [7, 11) is 3.50. The van der Waals surface area contributed by atoms with E-state index < -0.39 is 0 Å². The zero-order chi connectivity index (χ0) is 18.7. The molecular formula is C21H25FN2O2. The Morgan fingerprint density at radius 3 is 2.77 bits per heavy atom. The number of rotatable bonds is 4. The summed E-state index contributed by atoms with van der Waals surface area (Å²) >= 11 is 0. The lowest BCUT2D eigenvalue weighted by Gasteiger charge is -2.28. The molecule has 0 N–H and O–H groups in total. The van der Waals surface area contributed by atoms with Gasteiger partial charge >= 0.3 is 0 Å². The standard InChI is InChI=1S/C21H25FN2O2/c1-15-13-23(2)18-9-5-4-7-17(18)14-24(15)20(25)12-11-16-8-6-10-19(26-3)21(16)22/h4-10,15H,11-14H2,1-3H3. The first-order chi connectivity index (χ1) is 12.5. The highest BCUT2D eigenvalue weighted by Crippen LogP contribution is 2.27. The Labute approximate surface area is 154 Å². The number of likely N-dealkylation sites (N-methyl/N-ethyl adjacent to an activating group) is 1. The summed E-state index contributed by atoms with van der Waals surface area (Å²) in [4.78, 5) is 17.0. The average Bonchev–Trinajstić information content (AvgIpc) is 2.77. The molecule has 1 heterocycles. The van der Waals surface area contributed by atoms with Crippen molar-refractivity contribution < 1.29 is 13.9 Å². The number of ether oxygens (including phenoxy) is 1. The van der Waals surface area contributed by atoms with Gasteiger partial charge in [-0.25, -0.2) is 4.39 Å². The number of methoxy groups -OCH3 is 1. The maximum absolute atomic E-state index is 14.3. The second-order valence-corrected chi connectivity index (χ2v) is 6.81. The van der Waals surface area contributed by atoms with Crippen molar-refractivity contribution >= 4 is 11.6 Å². The molecule has 3 rings (SSSR count). The summed E-state index contributed by atoms with van der Waals surface area (Å²) in [6, 6.07) is 13.3. The molecule has 2 aromatic carbocycles.